The van der Waals surface area contributed by atoms with Gasteiger partial charge in [-0.05, 0) is 24.1 Å². The summed E-state index contributed by atoms with van der Waals surface area (Å²) in [4.78, 5) is 7.65. The molecule has 0 aliphatic carbocycles. The molecule has 1 N–H and O–H groups in total. The van der Waals surface area contributed by atoms with Crippen LogP contribution in [-0.2, 0) is 6.42 Å². The van der Waals surface area contributed by atoms with Gasteiger partial charge in [-0.1, -0.05) is 12.1 Å². The highest BCUT2D eigenvalue weighted by Crippen LogP contribution is 2.13. The lowest BCUT2D eigenvalue weighted by Crippen LogP contribution is -2.09. The topological polar surface area (TPSA) is 47.0 Å². The van der Waals surface area contributed by atoms with Crippen molar-refractivity contribution in [2.75, 3.05) is 19.0 Å². The van der Waals surface area contributed by atoms with Gasteiger partial charge in [0.15, 0.2) is 0 Å². The molecular formula is C13H13F2N3O. The van der Waals surface area contributed by atoms with Crippen LogP contribution >= 0.6 is 0 Å². The van der Waals surface area contributed by atoms with Crippen molar-refractivity contribution in [2.24, 2.45) is 0 Å². The highest BCUT2D eigenvalue weighted by Gasteiger charge is 2.06. The number of methoxy groups -OCH3 is 1. The van der Waals surface area contributed by atoms with E-state index in [-0.39, 0.29) is 11.7 Å². The zero-order valence-electron chi connectivity index (χ0n) is 10.4. The molecule has 1 aromatic carbocycles. The van der Waals surface area contributed by atoms with E-state index in [4.69, 9.17) is 4.74 Å². The normalized spacial score (nSPS) is 10.3. The second kappa shape index (κ2) is 6.08. The van der Waals surface area contributed by atoms with Gasteiger partial charge in [-0.3, -0.25) is 0 Å². The van der Waals surface area contributed by atoms with Gasteiger partial charge in [-0.15, -0.1) is 0 Å². The fraction of sp³-hybridized carbons (Fsp3) is 0.231. The van der Waals surface area contributed by atoms with Gasteiger partial charge in [0.05, 0.1) is 13.3 Å². The number of ether oxygens (including phenoxy) is 1. The van der Waals surface area contributed by atoms with Gasteiger partial charge in [0.2, 0.25) is 11.8 Å². The Hall–Kier alpha value is -2.24. The molecule has 0 saturated carbocycles. The molecule has 0 aliphatic rings. The zero-order valence-corrected chi connectivity index (χ0v) is 10.4. The van der Waals surface area contributed by atoms with Gasteiger partial charge in [0, 0.05) is 6.54 Å². The number of nitrogens with one attached hydrogen (secondary N) is 1. The van der Waals surface area contributed by atoms with Gasteiger partial charge in [-0.25, -0.2) is 9.37 Å². The van der Waals surface area contributed by atoms with Crippen LogP contribution in [0.5, 0.6) is 5.88 Å². The molecule has 2 rings (SSSR count). The molecule has 0 fully saturated rings. The number of halogens is 2. The number of benzene rings is 1. The first-order valence-corrected chi connectivity index (χ1v) is 5.74. The largest absolute Gasteiger partial charge is 0.479 e. The third-order valence-corrected chi connectivity index (χ3v) is 2.52. The molecule has 4 nitrogen and oxygen atoms in total. The Kier molecular flexibility index (Phi) is 4.22. The van der Waals surface area contributed by atoms with E-state index in [9.17, 15) is 8.78 Å². The Labute approximate surface area is 109 Å². The molecule has 0 spiro atoms. The van der Waals surface area contributed by atoms with Gasteiger partial charge < -0.3 is 10.1 Å². The van der Waals surface area contributed by atoms with Crippen LogP contribution in [0, 0.1) is 11.6 Å². The van der Waals surface area contributed by atoms with Crippen molar-refractivity contribution in [1.82, 2.24) is 9.97 Å². The highest BCUT2D eigenvalue weighted by molar-refractivity contribution is 5.29. The Morgan fingerprint density at radius 2 is 1.95 bits per heavy atom. The van der Waals surface area contributed by atoms with Gasteiger partial charge >= 0.3 is 0 Å². The van der Waals surface area contributed by atoms with Crippen LogP contribution in [-0.4, -0.2) is 23.6 Å². The average Bonchev–Trinajstić information content (AvgIpc) is 2.43. The molecule has 0 saturated heterocycles. The number of anilines is 1. The van der Waals surface area contributed by atoms with Crippen LogP contribution in [0.15, 0.2) is 30.5 Å². The van der Waals surface area contributed by atoms with E-state index in [1.807, 2.05) is 0 Å². The minimum Gasteiger partial charge on any atom is -0.479 e. The van der Waals surface area contributed by atoms with Crippen molar-refractivity contribution >= 4 is 5.95 Å². The first kappa shape index (κ1) is 13.2. The Balaban J connectivity index is 1.90. The molecule has 0 unspecified atom stereocenters. The van der Waals surface area contributed by atoms with Gasteiger partial charge in [0.1, 0.15) is 5.82 Å². The van der Waals surface area contributed by atoms with Crippen molar-refractivity contribution in [3.05, 3.63) is 47.7 Å². The number of nitrogens with zero attached hydrogens (tertiary/aromatic N) is 2. The van der Waals surface area contributed by atoms with E-state index in [1.165, 1.54) is 19.2 Å². The maximum absolute atomic E-state index is 13.1. The van der Waals surface area contributed by atoms with Crippen molar-refractivity contribution in [3.8, 4) is 5.88 Å². The summed E-state index contributed by atoms with van der Waals surface area (Å²) in [7, 11) is 1.34. The highest BCUT2D eigenvalue weighted by atomic mass is 19.1. The summed E-state index contributed by atoms with van der Waals surface area (Å²) in [5.74, 6) is -0.672. The quantitative estimate of drug-likeness (QED) is 0.902. The summed E-state index contributed by atoms with van der Waals surface area (Å²) >= 11 is 0. The molecule has 19 heavy (non-hydrogen) atoms. The zero-order chi connectivity index (χ0) is 13.7. The lowest BCUT2D eigenvalue weighted by atomic mass is 10.1. The maximum Gasteiger partial charge on any atom is 0.255 e. The smallest absolute Gasteiger partial charge is 0.255 e. The van der Waals surface area contributed by atoms with E-state index in [0.29, 0.717) is 18.9 Å². The summed E-state index contributed by atoms with van der Waals surface area (Å²) in [5.41, 5.74) is 0.989. The standard InChI is InChI=1S/C13H13F2N3O/c1-19-12-11(15)8-17-13(18-12)16-7-6-9-2-4-10(14)5-3-9/h2-5,8H,6-7H2,1H3,(H,16,17,18). The molecule has 0 atom stereocenters. The van der Waals surface area contributed by atoms with E-state index in [0.717, 1.165) is 11.8 Å². The van der Waals surface area contributed by atoms with Crippen LogP contribution in [0.1, 0.15) is 5.56 Å². The molecule has 2 aromatic rings. The predicted octanol–water partition coefficient (Wildman–Crippen LogP) is 2.42. The molecule has 1 heterocycles. The predicted molar refractivity (Wildman–Crippen MR) is 67.1 cm³/mol. The molecule has 0 radical (unpaired) electrons. The van der Waals surface area contributed by atoms with Gasteiger partial charge in [0.25, 0.3) is 5.88 Å². The van der Waals surface area contributed by atoms with E-state index in [2.05, 4.69) is 15.3 Å². The Bertz CT molecular complexity index is 546. The lowest BCUT2D eigenvalue weighted by Gasteiger charge is -2.06. The molecule has 100 valence electrons. The fourth-order valence-electron chi connectivity index (χ4n) is 1.55. The van der Waals surface area contributed by atoms with Crippen LogP contribution in [0.3, 0.4) is 0 Å². The second-order valence-electron chi connectivity index (χ2n) is 3.85. The summed E-state index contributed by atoms with van der Waals surface area (Å²) in [6.07, 6.45) is 1.73. The molecule has 0 amide bonds. The van der Waals surface area contributed by atoms with E-state index >= 15 is 0 Å². The average molecular weight is 265 g/mol. The van der Waals surface area contributed by atoms with Crippen molar-refractivity contribution < 1.29 is 13.5 Å². The Morgan fingerprint density at radius 3 is 2.63 bits per heavy atom. The second-order valence-corrected chi connectivity index (χ2v) is 3.85. The Morgan fingerprint density at radius 1 is 1.21 bits per heavy atom. The fourth-order valence-corrected chi connectivity index (χ4v) is 1.55. The van der Waals surface area contributed by atoms with E-state index in [1.54, 1.807) is 12.1 Å². The summed E-state index contributed by atoms with van der Waals surface area (Å²) < 4.78 is 30.5. The summed E-state index contributed by atoms with van der Waals surface area (Å²) in [6.45, 7) is 0.556. The van der Waals surface area contributed by atoms with Crippen molar-refractivity contribution in [2.45, 2.75) is 6.42 Å². The molecule has 1 aromatic heterocycles. The number of aromatic nitrogens is 2. The lowest BCUT2D eigenvalue weighted by molar-refractivity contribution is 0.368. The summed E-state index contributed by atoms with van der Waals surface area (Å²) in [5, 5.41) is 2.95. The van der Waals surface area contributed by atoms with Crippen LogP contribution in [0.4, 0.5) is 14.7 Å². The summed E-state index contributed by atoms with van der Waals surface area (Å²) in [6, 6.07) is 6.24. The van der Waals surface area contributed by atoms with E-state index < -0.39 is 5.82 Å². The SMILES string of the molecule is COc1nc(NCCc2ccc(F)cc2)ncc1F. The van der Waals surface area contributed by atoms with Crippen molar-refractivity contribution in [3.63, 3.8) is 0 Å². The molecule has 0 aliphatic heterocycles. The number of rotatable bonds is 5. The number of hydrogen-bond acceptors (Lipinski definition) is 4. The van der Waals surface area contributed by atoms with Crippen LogP contribution < -0.4 is 10.1 Å². The first-order valence-electron chi connectivity index (χ1n) is 5.74. The van der Waals surface area contributed by atoms with Gasteiger partial charge in [-0.2, -0.15) is 9.37 Å². The third-order valence-electron chi connectivity index (χ3n) is 2.52. The van der Waals surface area contributed by atoms with Crippen molar-refractivity contribution in [1.29, 1.82) is 0 Å². The monoisotopic (exact) mass is 265 g/mol. The first-order chi connectivity index (χ1) is 9.19. The minimum absolute atomic E-state index is 0.0979. The minimum atomic E-state index is -0.605. The molecule has 6 heteroatoms. The maximum atomic E-state index is 13.1. The van der Waals surface area contributed by atoms with Crippen LogP contribution in [0.2, 0.25) is 0 Å². The molecule has 0 bridgehead atoms. The number of hydrogen-bond donors (Lipinski definition) is 1. The molecular weight excluding hydrogens is 252 g/mol. The third kappa shape index (κ3) is 3.61. The van der Waals surface area contributed by atoms with Crippen LogP contribution in [0.25, 0.3) is 0 Å².